The SMILES string of the molecule is O=C(CS(=O)c1ccccc1[N+](=O)[O-])Oc1ccc(C2CCCCC2)cc1. The highest BCUT2D eigenvalue weighted by Crippen LogP contribution is 2.33. The quantitative estimate of drug-likeness (QED) is 0.318. The minimum absolute atomic E-state index is 0.0205. The largest absolute Gasteiger partial charge is 0.426 e. The Morgan fingerprint density at radius 3 is 2.41 bits per heavy atom. The fraction of sp³-hybridized carbons (Fsp3) is 0.350. The predicted octanol–water partition coefficient (Wildman–Crippen LogP) is 4.36. The third-order valence-electron chi connectivity index (χ3n) is 4.74. The first-order valence-corrected chi connectivity index (χ1v) is 10.3. The van der Waals surface area contributed by atoms with Crippen molar-refractivity contribution >= 4 is 22.5 Å². The molecule has 1 unspecified atom stereocenters. The Morgan fingerprint density at radius 1 is 1.07 bits per heavy atom. The lowest BCUT2D eigenvalue weighted by Crippen LogP contribution is -2.17. The van der Waals surface area contributed by atoms with Gasteiger partial charge in [0.1, 0.15) is 16.4 Å². The molecule has 3 rings (SSSR count). The molecule has 1 aliphatic rings. The van der Waals surface area contributed by atoms with Gasteiger partial charge in [-0.05, 0) is 42.5 Å². The van der Waals surface area contributed by atoms with Gasteiger partial charge in [0.05, 0.1) is 15.7 Å². The predicted molar refractivity (Wildman–Crippen MR) is 102 cm³/mol. The van der Waals surface area contributed by atoms with Crippen molar-refractivity contribution in [2.45, 2.75) is 42.9 Å². The Kier molecular flexibility index (Phi) is 6.34. The van der Waals surface area contributed by atoms with Gasteiger partial charge in [-0.15, -0.1) is 0 Å². The van der Waals surface area contributed by atoms with Gasteiger partial charge in [0.15, 0.2) is 0 Å². The Morgan fingerprint density at radius 2 is 1.74 bits per heavy atom. The first-order valence-electron chi connectivity index (χ1n) is 8.97. The molecule has 0 radical (unpaired) electrons. The molecule has 0 saturated heterocycles. The van der Waals surface area contributed by atoms with Crippen molar-refractivity contribution in [1.82, 2.24) is 0 Å². The van der Waals surface area contributed by atoms with Crippen molar-refractivity contribution in [3.63, 3.8) is 0 Å². The van der Waals surface area contributed by atoms with Crippen molar-refractivity contribution in [2.75, 3.05) is 5.75 Å². The zero-order valence-corrected chi connectivity index (χ0v) is 15.7. The van der Waals surface area contributed by atoms with Gasteiger partial charge in [0.25, 0.3) is 5.69 Å². The Hall–Kier alpha value is -2.54. The maximum atomic E-state index is 12.3. The van der Waals surface area contributed by atoms with E-state index < -0.39 is 27.4 Å². The molecule has 0 bridgehead atoms. The number of para-hydroxylation sites is 1. The van der Waals surface area contributed by atoms with E-state index in [0.717, 1.165) is 0 Å². The average molecular weight is 387 g/mol. The molecule has 7 heteroatoms. The molecule has 2 aromatic carbocycles. The Labute approximate surface area is 160 Å². The van der Waals surface area contributed by atoms with Gasteiger partial charge in [-0.25, -0.2) is 0 Å². The van der Waals surface area contributed by atoms with Crippen LogP contribution in [0.15, 0.2) is 53.4 Å². The number of carbonyl (C=O) groups excluding carboxylic acids is 1. The normalized spacial score (nSPS) is 15.9. The number of hydrogen-bond donors (Lipinski definition) is 0. The number of ether oxygens (including phenoxy) is 1. The summed E-state index contributed by atoms with van der Waals surface area (Å²) in [6, 6.07) is 13.1. The fourth-order valence-corrected chi connectivity index (χ4v) is 4.42. The standard InChI is InChI=1S/C20H21NO5S/c22-20(14-27(25)19-9-5-4-8-18(19)21(23)24)26-17-12-10-16(11-13-17)15-6-2-1-3-7-15/h4-5,8-13,15H,1-3,6-7,14H2. The molecule has 1 fully saturated rings. The van der Waals surface area contributed by atoms with Crippen molar-refractivity contribution in [3.8, 4) is 5.75 Å². The molecule has 2 aromatic rings. The molecule has 27 heavy (non-hydrogen) atoms. The Balaban J connectivity index is 1.60. The van der Waals surface area contributed by atoms with Crippen LogP contribution in [-0.2, 0) is 15.6 Å². The van der Waals surface area contributed by atoms with Crippen LogP contribution >= 0.6 is 0 Å². The summed E-state index contributed by atoms with van der Waals surface area (Å²) >= 11 is 0. The van der Waals surface area contributed by atoms with Crippen molar-refractivity contribution < 1.29 is 18.7 Å². The summed E-state index contributed by atoms with van der Waals surface area (Å²) in [7, 11) is -1.84. The van der Waals surface area contributed by atoms with Gasteiger partial charge in [-0.2, -0.15) is 0 Å². The van der Waals surface area contributed by atoms with Crippen LogP contribution < -0.4 is 4.74 Å². The van der Waals surface area contributed by atoms with Gasteiger partial charge in [0, 0.05) is 6.07 Å². The second-order valence-electron chi connectivity index (χ2n) is 6.59. The number of nitrogens with zero attached hydrogens (tertiary/aromatic N) is 1. The van der Waals surface area contributed by atoms with Crippen LogP contribution in [0.2, 0.25) is 0 Å². The minimum Gasteiger partial charge on any atom is -0.426 e. The van der Waals surface area contributed by atoms with E-state index in [1.54, 1.807) is 18.2 Å². The highest BCUT2D eigenvalue weighted by atomic mass is 32.2. The molecule has 0 N–H and O–H groups in total. The van der Waals surface area contributed by atoms with E-state index in [9.17, 15) is 19.1 Å². The van der Waals surface area contributed by atoms with Gasteiger partial charge >= 0.3 is 5.97 Å². The second-order valence-corrected chi connectivity index (χ2v) is 8.01. The third kappa shape index (κ3) is 5.01. The van der Waals surface area contributed by atoms with E-state index in [0.29, 0.717) is 11.7 Å². The van der Waals surface area contributed by atoms with Crippen LogP contribution in [0.5, 0.6) is 5.75 Å². The second kappa shape index (κ2) is 8.90. The summed E-state index contributed by atoms with van der Waals surface area (Å²) in [6.45, 7) is 0. The van der Waals surface area contributed by atoms with Gasteiger partial charge in [-0.3, -0.25) is 19.1 Å². The molecule has 0 heterocycles. The summed E-state index contributed by atoms with van der Waals surface area (Å²) in [5.74, 6) is -0.166. The lowest BCUT2D eigenvalue weighted by Gasteiger charge is -2.22. The summed E-state index contributed by atoms with van der Waals surface area (Å²) < 4.78 is 17.6. The van der Waals surface area contributed by atoms with E-state index in [1.807, 2.05) is 12.1 Å². The first kappa shape index (κ1) is 19.2. The van der Waals surface area contributed by atoms with E-state index in [-0.39, 0.29) is 10.6 Å². The average Bonchev–Trinajstić information content (AvgIpc) is 2.69. The molecule has 1 atom stereocenters. The van der Waals surface area contributed by atoms with E-state index in [2.05, 4.69) is 0 Å². The molecule has 0 spiro atoms. The monoisotopic (exact) mass is 387 g/mol. The third-order valence-corrected chi connectivity index (χ3v) is 6.08. The minimum atomic E-state index is -1.84. The summed E-state index contributed by atoms with van der Waals surface area (Å²) in [4.78, 5) is 22.5. The molecule has 0 amide bonds. The highest BCUT2D eigenvalue weighted by Gasteiger charge is 2.21. The summed E-state index contributed by atoms with van der Waals surface area (Å²) in [6.07, 6.45) is 6.17. The number of nitro benzene ring substituents is 1. The van der Waals surface area contributed by atoms with Crippen LogP contribution in [-0.4, -0.2) is 20.9 Å². The number of esters is 1. The van der Waals surface area contributed by atoms with Crippen molar-refractivity contribution in [2.24, 2.45) is 0 Å². The molecule has 142 valence electrons. The van der Waals surface area contributed by atoms with E-state index in [4.69, 9.17) is 4.74 Å². The number of hydrogen-bond acceptors (Lipinski definition) is 5. The van der Waals surface area contributed by atoms with Crippen LogP contribution in [0.3, 0.4) is 0 Å². The fourth-order valence-electron chi connectivity index (χ4n) is 3.39. The molecule has 0 aliphatic heterocycles. The maximum absolute atomic E-state index is 12.3. The maximum Gasteiger partial charge on any atom is 0.324 e. The molecule has 6 nitrogen and oxygen atoms in total. The van der Waals surface area contributed by atoms with Gasteiger partial charge in [0.2, 0.25) is 0 Å². The van der Waals surface area contributed by atoms with E-state index in [1.165, 1.54) is 55.9 Å². The van der Waals surface area contributed by atoms with Crippen LogP contribution in [0, 0.1) is 10.1 Å². The van der Waals surface area contributed by atoms with E-state index >= 15 is 0 Å². The van der Waals surface area contributed by atoms with Crippen molar-refractivity contribution in [3.05, 3.63) is 64.2 Å². The highest BCUT2D eigenvalue weighted by molar-refractivity contribution is 7.85. The molecule has 0 aromatic heterocycles. The zero-order valence-electron chi connectivity index (χ0n) is 14.8. The van der Waals surface area contributed by atoms with Crippen LogP contribution in [0.4, 0.5) is 5.69 Å². The molecular formula is C20H21NO5S. The number of benzene rings is 2. The van der Waals surface area contributed by atoms with Crippen molar-refractivity contribution in [1.29, 1.82) is 0 Å². The molecular weight excluding hydrogens is 366 g/mol. The Bertz CT molecular complexity index is 844. The number of nitro groups is 1. The zero-order chi connectivity index (χ0) is 19.2. The van der Waals surface area contributed by atoms with Gasteiger partial charge < -0.3 is 4.74 Å². The number of rotatable bonds is 6. The van der Waals surface area contributed by atoms with Gasteiger partial charge in [-0.1, -0.05) is 43.5 Å². The van der Waals surface area contributed by atoms with Crippen LogP contribution in [0.25, 0.3) is 0 Å². The summed E-state index contributed by atoms with van der Waals surface area (Å²) in [5.41, 5.74) is 0.985. The smallest absolute Gasteiger partial charge is 0.324 e. The van der Waals surface area contributed by atoms with Crippen LogP contribution in [0.1, 0.15) is 43.6 Å². The summed E-state index contributed by atoms with van der Waals surface area (Å²) in [5, 5.41) is 11.0. The first-order chi connectivity index (χ1) is 13.0. The lowest BCUT2D eigenvalue weighted by atomic mass is 9.84. The molecule has 1 saturated carbocycles. The molecule has 1 aliphatic carbocycles. The topological polar surface area (TPSA) is 86.5 Å². The lowest BCUT2D eigenvalue weighted by molar-refractivity contribution is -0.387. The number of carbonyl (C=O) groups is 1.